The number of likely N-dealkylation sites (tertiary alicyclic amines) is 1. The normalized spacial score (nSPS) is 18.6. The van der Waals surface area contributed by atoms with Crippen LogP contribution in [0.2, 0.25) is 0 Å². The molecule has 1 fully saturated rings. The van der Waals surface area contributed by atoms with Gasteiger partial charge in [-0.2, -0.15) is 4.98 Å². The molecule has 4 rings (SSSR count). The van der Waals surface area contributed by atoms with Crippen LogP contribution in [0, 0.1) is 15.9 Å². The molecule has 0 spiro atoms. The Kier molecular flexibility index (Phi) is 5.49. The lowest BCUT2D eigenvalue weighted by Gasteiger charge is -2.53. The van der Waals surface area contributed by atoms with Crippen molar-refractivity contribution in [3.05, 3.63) is 40.3 Å². The number of aromatic nitrogens is 3. The molecule has 1 saturated heterocycles. The van der Waals surface area contributed by atoms with Crippen LogP contribution in [0.15, 0.2) is 24.4 Å². The highest BCUT2D eigenvalue weighted by atomic mass is 32.1. The summed E-state index contributed by atoms with van der Waals surface area (Å²) in [7, 11) is 2.12. The van der Waals surface area contributed by atoms with Gasteiger partial charge in [0.2, 0.25) is 5.95 Å². The molecule has 0 unspecified atom stereocenters. The van der Waals surface area contributed by atoms with Crippen LogP contribution < -0.4 is 10.6 Å². The van der Waals surface area contributed by atoms with Gasteiger partial charge in [-0.15, -0.1) is 0 Å². The number of anilines is 3. The Morgan fingerprint density at radius 2 is 1.91 bits per heavy atom. The van der Waals surface area contributed by atoms with E-state index in [9.17, 15) is 14.5 Å². The molecule has 0 radical (unpaired) electrons. The van der Waals surface area contributed by atoms with Crippen LogP contribution in [0.5, 0.6) is 0 Å². The summed E-state index contributed by atoms with van der Waals surface area (Å²) in [4.78, 5) is 25.7. The Labute approximate surface area is 189 Å². The van der Waals surface area contributed by atoms with Crippen LogP contribution in [-0.2, 0) is 0 Å². The highest BCUT2D eigenvalue weighted by molar-refractivity contribution is 7.22. The molecule has 0 atom stereocenters. The lowest BCUT2D eigenvalue weighted by Crippen LogP contribution is -2.61. The van der Waals surface area contributed by atoms with Gasteiger partial charge in [0, 0.05) is 29.3 Å². The maximum absolute atomic E-state index is 14.5. The van der Waals surface area contributed by atoms with Crippen LogP contribution in [-0.4, -0.2) is 48.9 Å². The van der Waals surface area contributed by atoms with E-state index in [0.29, 0.717) is 15.3 Å². The number of non-ortho nitro benzene ring substituents is 1. The molecule has 1 aromatic carbocycles. The van der Waals surface area contributed by atoms with E-state index in [4.69, 9.17) is 0 Å². The number of nitro groups is 1. The molecule has 0 saturated carbocycles. The molecule has 170 valence electrons. The van der Waals surface area contributed by atoms with Crippen LogP contribution in [0.25, 0.3) is 10.2 Å². The summed E-state index contributed by atoms with van der Waals surface area (Å²) in [5.41, 5.74) is 0.529. The number of thiazole rings is 1. The van der Waals surface area contributed by atoms with E-state index in [1.807, 2.05) is 0 Å². The van der Waals surface area contributed by atoms with Gasteiger partial charge in [-0.05, 0) is 53.7 Å². The average Bonchev–Trinajstić information content (AvgIpc) is 3.09. The molecular formula is C21H26FN7O2S. The van der Waals surface area contributed by atoms with Crippen molar-refractivity contribution in [1.82, 2.24) is 19.9 Å². The molecule has 11 heteroatoms. The zero-order valence-corrected chi connectivity index (χ0v) is 19.5. The molecular weight excluding hydrogens is 433 g/mol. The molecule has 2 N–H and O–H groups in total. The van der Waals surface area contributed by atoms with Gasteiger partial charge in [-0.25, -0.2) is 14.4 Å². The van der Waals surface area contributed by atoms with E-state index in [0.717, 1.165) is 19.0 Å². The molecule has 3 aromatic rings. The Bertz CT molecular complexity index is 1160. The van der Waals surface area contributed by atoms with Crippen molar-refractivity contribution < 1.29 is 9.31 Å². The molecule has 3 heterocycles. The highest BCUT2D eigenvalue weighted by Gasteiger charge is 2.43. The molecule has 9 nitrogen and oxygen atoms in total. The minimum atomic E-state index is -0.523. The number of fused-ring (bicyclic) bond motifs is 1. The summed E-state index contributed by atoms with van der Waals surface area (Å²) < 4.78 is 15.2. The van der Waals surface area contributed by atoms with E-state index in [-0.39, 0.29) is 34.6 Å². The SMILES string of the molecule is CN1C(C)(C)CC(Nc2nc(Nc3nc4ccc([N+](=O)[O-])cc4s3)ncc2F)CC1(C)C. The quantitative estimate of drug-likeness (QED) is 0.408. The van der Waals surface area contributed by atoms with Gasteiger partial charge in [-0.3, -0.25) is 20.3 Å². The van der Waals surface area contributed by atoms with Crippen LogP contribution in [0.4, 0.5) is 27.0 Å². The van der Waals surface area contributed by atoms with Gasteiger partial charge in [0.1, 0.15) is 0 Å². The second kappa shape index (κ2) is 7.89. The van der Waals surface area contributed by atoms with Gasteiger partial charge in [0.15, 0.2) is 16.8 Å². The fraction of sp³-hybridized carbons (Fsp3) is 0.476. The molecule has 1 aliphatic heterocycles. The van der Waals surface area contributed by atoms with E-state index in [1.165, 1.54) is 23.5 Å². The van der Waals surface area contributed by atoms with Gasteiger partial charge in [0.25, 0.3) is 5.69 Å². The predicted octanol–water partition coefficient (Wildman–Crippen LogP) is 4.94. The molecule has 0 aliphatic carbocycles. The fourth-order valence-electron chi connectivity index (χ4n) is 4.37. The number of hydrogen-bond acceptors (Lipinski definition) is 9. The highest BCUT2D eigenvalue weighted by Crippen LogP contribution is 2.38. The summed E-state index contributed by atoms with van der Waals surface area (Å²) in [6.07, 6.45) is 2.81. The minimum absolute atomic E-state index is 0.00111. The first-order valence-electron chi connectivity index (χ1n) is 10.3. The average molecular weight is 460 g/mol. The largest absolute Gasteiger partial charge is 0.365 e. The Hall–Kier alpha value is -2.92. The van der Waals surface area contributed by atoms with Crippen molar-refractivity contribution in [3.8, 4) is 0 Å². The van der Waals surface area contributed by atoms with Crippen LogP contribution in [0.3, 0.4) is 0 Å². The Morgan fingerprint density at radius 1 is 1.22 bits per heavy atom. The van der Waals surface area contributed by atoms with Gasteiger partial charge in [0.05, 0.1) is 21.3 Å². The zero-order valence-electron chi connectivity index (χ0n) is 18.6. The predicted molar refractivity (Wildman–Crippen MR) is 124 cm³/mol. The monoisotopic (exact) mass is 459 g/mol. The number of nitrogens with zero attached hydrogens (tertiary/aromatic N) is 5. The summed E-state index contributed by atoms with van der Waals surface area (Å²) in [6, 6.07) is 4.53. The lowest BCUT2D eigenvalue weighted by molar-refractivity contribution is -0.384. The van der Waals surface area contributed by atoms with E-state index >= 15 is 0 Å². The van der Waals surface area contributed by atoms with Gasteiger partial charge in [-0.1, -0.05) is 11.3 Å². The third-order valence-electron chi connectivity index (χ3n) is 6.19. The van der Waals surface area contributed by atoms with Crippen molar-refractivity contribution in [3.63, 3.8) is 0 Å². The van der Waals surface area contributed by atoms with Crippen molar-refractivity contribution in [2.24, 2.45) is 0 Å². The van der Waals surface area contributed by atoms with E-state index in [1.54, 1.807) is 6.07 Å². The Balaban J connectivity index is 1.54. The van der Waals surface area contributed by atoms with E-state index < -0.39 is 10.7 Å². The summed E-state index contributed by atoms with van der Waals surface area (Å²) in [5, 5.41) is 17.7. The smallest absolute Gasteiger partial charge is 0.270 e. The molecule has 1 aliphatic rings. The third-order valence-corrected chi connectivity index (χ3v) is 7.13. The van der Waals surface area contributed by atoms with Crippen molar-refractivity contribution in [2.45, 2.75) is 57.7 Å². The number of benzene rings is 1. The van der Waals surface area contributed by atoms with Crippen molar-refractivity contribution >= 4 is 44.1 Å². The minimum Gasteiger partial charge on any atom is -0.365 e. The number of nitro benzene ring substituents is 1. The number of rotatable bonds is 5. The number of hydrogen-bond donors (Lipinski definition) is 2. The fourth-order valence-corrected chi connectivity index (χ4v) is 5.26. The molecule has 0 bridgehead atoms. The first-order chi connectivity index (χ1) is 14.9. The number of nitrogens with one attached hydrogen (secondary N) is 2. The standard InChI is InChI=1S/C21H26FN7O2S/c1-20(2)9-12(10-21(3,4)28(20)5)24-17-14(22)11-23-18(26-17)27-19-25-15-7-6-13(29(30)31)8-16(15)32-19/h6-8,11-12H,9-10H2,1-5H3,(H2,23,24,25,26,27). The third kappa shape index (κ3) is 4.35. The zero-order chi connectivity index (χ0) is 23.3. The van der Waals surface area contributed by atoms with Crippen molar-refractivity contribution in [1.29, 1.82) is 0 Å². The van der Waals surface area contributed by atoms with Gasteiger partial charge < -0.3 is 5.32 Å². The molecule has 0 amide bonds. The molecule has 2 aromatic heterocycles. The van der Waals surface area contributed by atoms with Crippen LogP contribution >= 0.6 is 11.3 Å². The van der Waals surface area contributed by atoms with Gasteiger partial charge >= 0.3 is 0 Å². The van der Waals surface area contributed by atoms with Crippen molar-refractivity contribution in [2.75, 3.05) is 17.7 Å². The maximum atomic E-state index is 14.5. The first kappa shape index (κ1) is 22.3. The summed E-state index contributed by atoms with van der Waals surface area (Å²) in [6.45, 7) is 8.74. The summed E-state index contributed by atoms with van der Waals surface area (Å²) >= 11 is 1.24. The molecule has 32 heavy (non-hydrogen) atoms. The van der Waals surface area contributed by atoms with Crippen LogP contribution in [0.1, 0.15) is 40.5 Å². The first-order valence-corrected chi connectivity index (χ1v) is 11.1. The number of piperidine rings is 1. The second-order valence-electron chi connectivity index (χ2n) is 9.38. The number of halogens is 1. The topological polar surface area (TPSA) is 109 Å². The van der Waals surface area contributed by atoms with E-state index in [2.05, 4.69) is 65.2 Å². The second-order valence-corrected chi connectivity index (χ2v) is 10.4. The maximum Gasteiger partial charge on any atom is 0.270 e. The summed E-state index contributed by atoms with van der Waals surface area (Å²) in [5.74, 6) is -0.181. The lowest BCUT2D eigenvalue weighted by atomic mass is 9.77. The Morgan fingerprint density at radius 3 is 2.56 bits per heavy atom.